The molecule has 0 aliphatic carbocycles. The van der Waals surface area contributed by atoms with Gasteiger partial charge in [-0.25, -0.2) is 19.4 Å². The van der Waals surface area contributed by atoms with Crippen LogP contribution in [0.15, 0.2) is 71.5 Å². The van der Waals surface area contributed by atoms with Gasteiger partial charge in [0, 0.05) is 88.7 Å². The van der Waals surface area contributed by atoms with E-state index >= 15 is 0 Å². The lowest BCUT2D eigenvalue weighted by molar-refractivity contribution is -0.141. The summed E-state index contributed by atoms with van der Waals surface area (Å²) in [6.45, 7) is 2.00. The van der Waals surface area contributed by atoms with E-state index in [0.29, 0.717) is 73.4 Å². The summed E-state index contributed by atoms with van der Waals surface area (Å²) in [5.74, 6) is -6.73. The second-order valence-electron chi connectivity index (χ2n) is 19.6. The molecule has 29 heteroatoms. The summed E-state index contributed by atoms with van der Waals surface area (Å²) in [6, 6.07) is 13.6. The first kappa shape index (κ1) is 69.6. The Hall–Kier alpha value is -7.70. The molecule has 0 fully saturated rings. The molecule has 17 N–H and O–H groups in total. The summed E-state index contributed by atoms with van der Waals surface area (Å²) < 4.78 is 0.604. The number of anilines is 1. The molecule has 0 aliphatic heterocycles. The van der Waals surface area contributed by atoms with Crippen molar-refractivity contribution < 1.29 is 63.3 Å². The van der Waals surface area contributed by atoms with Gasteiger partial charge in [0.2, 0.25) is 29.5 Å². The average Bonchev–Trinajstić information content (AvgIpc) is 3.44. The van der Waals surface area contributed by atoms with Crippen molar-refractivity contribution in [3.05, 3.63) is 93.7 Å². The monoisotopic (exact) mass is 1240 g/mol. The first-order chi connectivity index (χ1) is 39.5. The van der Waals surface area contributed by atoms with Crippen LogP contribution in [0.1, 0.15) is 91.3 Å². The van der Waals surface area contributed by atoms with Gasteiger partial charge in [-0.15, -0.1) is 0 Å². The topological polar surface area (TPSA) is 430 Å². The van der Waals surface area contributed by atoms with Gasteiger partial charge >= 0.3 is 23.9 Å². The maximum Gasteiger partial charge on any atom is 0.326 e. The highest BCUT2D eigenvalue weighted by Gasteiger charge is 2.26. The molecule has 8 amide bonds. The lowest BCUT2D eigenvalue weighted by atomic mass is 10.0. The third-order valence-electron chi connectivity index (χ3n) is 12.7. The number of aromatic nitrogens is 1. The van der Waals surface area contributed by atoms with Crippen LogP contribution < -0.4 is 54.8 Å². The maximum atomic E-state index is 13.9. The number of rotatable bonds is 43. The Morgan fingerprint density at radius 3 is 1.84 bits per heavy atom. The minimum Gasteiger partial charge on any atom is -0.481 e. The minimum atomic E-state index is -1.54. The van der Waals surface area contributed by atoms with E-state index in [2.05, 4.69) is 52.8 Å². The van der Waals surface area contributed by atoms with Gasteiger partial charge in [0.1, 0.15) is 16.7 Å². The van der Waals surface area contributed by atoms with Crippen LogP contribution in [-0.4, -0.2) is 183 Å². The number of aliphatic carboxylic acids is 3. The number of halogens is 1. The number of pyridine rings is 1. The molecule has 1 aromatic heterocycles. The number of hydrogen-bond donors (Lipinski definition) is 13. The van der Waals surface area contributed by atoms with Crippen LogP contribution in [0.5, 0.6) is 0 Å². The minimum absolute atomic E-state index is 0.0311. The molecule has 3 atom stereocenters. The van der Waals surface area contributed by atoms with Crippen molar-refractivity contribution in [1.29, 1.82) is 0 Å². The SMILES string of the molecule is NC(=O)CNCCN(CCN(CC(N)=O)C(CNCC(N)=O)Cc1ccc(NC(=S)CCCCCC(=O)NCc2ccc(C(=O)N(CCCC[C@@H](NC(=O)N[C@H](CCC(=O)O)C(=O)O)C(=O)O)Cc3ccc(Br)nc3)cc2)cc1)CC(N)=O. The van der Waals surface area contributed by atoms with E-state index in [0.717, 1.165) is 35.2 Å². The van der Waals surface area contributed by atoms with Crippen molar-refractivity contribution in [2.45, 2.75) is 102 Å². The molecule has 3 aromatic rings. The van der Waals surface area contributed by atoms with Gasteiger partial charge in [-0.05, 0) is 114 Å². The van der Waals surface area contributed by atoms with E-state index in [4.69, 9.17) is 40.3 Å². The maximum absolute atomic E-state index is 13.9. The van der Waals surface area contributed by atoms with E-state index < -0.39 is 72.5 Å². The van der Waals surface area contributed by atoms with Gasteiger partial charge in [0.25, 0.3) is 5.91 Å². The fourth-order valence-corrected chi connectivity index (χ4v) is 8.96. The molecule has 2 aromatic carbocycles. The van der Waals surface area contributed by atoms with E-state index in [1.807, 2.05) is 29.2 Å². The first-order valence-electron chi connectivity index (χ1n) is 26.9. The van der Waals surface area contributed by atoms with Crippen molar-refractivity contribution in [1.82, 2.24) is 46.3 Å². The van der Waals surface area contributed by atoms with E-state index in [-0.39, 0.29) is 83.1 Å². The Morgan fingerprint density at radius 1 is 0.627 bits per heavy atom. The summed E-state index contributed by atoms with van der Waals surface area (Å²) in [5, 5.41) is 44.4. The van der Waals surface area contributed by atoms with Crippen LogP contribution in [0.4, 0.5) is 10.5 Å². The largest absolute Gasteiger partial charge is 0.481 e. The highest BCUT2D eigenvalue weighted by atomic mass is 79.9. The number of carbonyl (C=O) groups is 10. The van der Waals surface area contributed by atoms with Gasteiger partial charge in [0.05, 0.1) is 31.2 Å². The lowest BCUT2D eigenvalue weighted by Gasteiger charge is -2.33. The van der Waals surface area contributed by atoms with Gasteiger partial charge in [-0.2, -0.15) is 0 Å². The predicted octanol–water partition coefficient (Wildman–Crippen LogP) is 0.369. The zero-order valence-electron chi connectivity index (χ0n) is 46.2. The fourth-order valence-electron chi connectivity index (χ4n) is 8.46. The molecule has 0 aliphatic rings. The number of thiocarbonyl (C=S) groups is 1. The third-order valence-corrected chi connectivity index (χ3v) is 13.5. The Kier molecular flexibility index (Phi) is 32.0. The molecule has 1 unspecified atom stereocenters. The molecular weight excluding hydrogens is 1160 g/mol. The molecule has 3 rings (SSSR count). The fraction of sp³-hybridized carbons (Fsp3) is 0.481. The zero-order chi connectivity index (χ0) is 61.3. The summed E-state index contributed by atoms with van der Waals surface area (Å²) in [6.07, 6.45) is 4.69. The zero-order valence-corrected chi connectivity index (χ0v) is 48.6. The van der Waals surface area contributed by atoms with Crippen molar-refractivity contribution in [2.75, 3.05) is 70.8 Å². The van der Waals surface area contributed by atoms with E-state index in [9.17, 15) is 58.2 Å². The Labute approximate surface area is 494 Å². The first-order valence-corrected chi connectivity index (χ1v) is 28.1. The Morgan fingerprint density at radius 2 is 1.24 bits per heavy atom. The van der Waals surface area contributed by atoms with Gasteiger partial charge < -0.3 is 75.1 Å². The summed E-state index contributed by atoms with van der Waals surface area (Å²) >= 11 is 8.93. The Bertz CT molecular complexity index is 2640. The molecule has 0 saturated heterocycles. The summed E-state index contributed by atoms with van der Waals surface area (Å²) in [7, 11) is 0. The second-order valence-corrected chi connectivity index (χ2v) is 20.9. The molecule has 454 valence electrons. The van der Waals surface area contributed by atoms with Gasteiger partial charge in [-0.3, -0.25) is 43.4 Å². The number of carboxylic acids is 3. The van der Waals surface area contributed by atoms with E-state index in [1.54, 1.807) is 52.4 Å². The van der Waals surface area contributed by atoms with Crippen molar-refractivity contribution in [3.8, 4) is 0 Å². The number of unbranched alkanes of at least 4 members (excludes halogenated alkanes) is 3. The predicted molar refractivity (Wildman–Crippen MR) is 314 cm³/mol. The highest BCUT2D eigenvalue weighted by molar-refractivity contribution is 9.10. The molecule has 0 radical (unpaired) electrons. The standard InChI is InChI=1S/C54H77BrN14O13S/c55-43-19-13-37(28-62-43)32-69(22-5-4-6-41(52(78)79)65-54(82)66-42(53(80)81)18-20-50(75)76)51(77)38-14-9-36(10-15-38)27-63-48(74)7-2-1-3-8-49(83)64-39-16-11-35(12-17-39)26-40(29-61-31-45(57)71)68(34-47(59)73)25-24-67(33-46(58)72)23-21-60-30-44(56)70/h9-17,19,28,40-42,60-61H,1-8,18,20-27,29-34H2,(H2,56,70)(H2,57,71)(H2,58,72)(H2,59,73)(H,63,74)(H,64,83)(H,75,76)(H,78,79)(H,80,81)(H2,65,66,82)/t40?,41-,42-/m1/s1. The number of nitrogens with zero attached hydrogens (tertiary/aromatic N) is 4. The molecule has 1 heterocycles. The summed E-state index contributed by atoms with van der Waals surface area (Å²) in [5.41, 5.74) is 25.3. The molecule has 0 bridgehead atoms. The number of benzene rings is 2. The van der Waals surface area contributed by atoms with Gasteiger partial charge in [0.15, 0.2) is 0 Å². The second kappa shape index (κ2) is 38.1. The van der Waals surface area contributed by atoms with Crippen molar-refractivity contribution in [2.24, 2.45) is 22.9 Å². The number of nitrogens with two attached hydrogens (primary N) is 4. The lowest BCUT2D eigenvalue weighted by Crippen LogP contribution is -2.51. The number of carboxylic acid groups (broad SMARTS) is 3. The van der Waals surface area contributed by atoms with E-state index in [1.165, 1.54) is 0 Å². The van der Waals surface area contributed by atoms with Crippen LogP contribution in [-0.2, 0) is 57.9 Å². The van der Waals surface area contributed by atoms with Crippen LogP contribution in [0.3, 0.4) is 0 Å². The number of nitrogens with one attached hydrogen (secondary N) is 6. The van der Waals surface area contributed by atoms with Gasteiger partial charge in [-0.1, -0.05) is 49.0 Å². The highest BCUT2D eigenvalue weighted by Crippen LogP contribution is 2.18. The number of carbonyl (C=O) groups excluding carboxylic acids is 7. The van der Waals surface area contributed by atoms with Crippen LogP contribution >= 0.6 is 28.1 Å². The van der Waals surface area contributed by atoms with Crippen LogP contribution in [0.2, 0.25) is 0 Å². The number of hydrogen-bond acceptors (Lipinski definition) is 16. The quantitative estimate of drug-likeness (QED) is 0.0207. The average molecular weight is 1240 g/mol. The molecule has 83 heavy (non-hydrogen) atoms. The van der Waals surface area contributed by atoms with Crippen molar-refractivity contribution in [3.63, 3.8) is 0 Å². The summed E-state index contributed by atoms with van der Waals surface area (Å²) in [4.78, 5) is 130. The number of amides is 8. The van der Waals surface area contributed by atoms with Crippen LogP contribution in [0, 0.1) is 0 Å². The number of urea groups is 1. The smallest absolute Gasteiger partial charge is 0.326 e. The normalized spacial score (nSPS) is 12.1. The molecule has 27 nitrogen and oxygen atoms in total. The molecule has 0 spiro atoms. The van der Waals surface area contributed by atoms with Crippen LogP contribution in [0.25, 0.3) is 0 Å². The number of primary amides is 4. The molecular formula is C54H77BrN14O13S. The van der Waals surface area contributed by atoms with Crippen molar-refractivity contribution >= 4 is 98.2 Å². The Balaban J connectivity index is 1.48. The molecule has 0 saturated carbocycles. The third kappa shape index (κ3) is 30.3.